The molecule has 2 rings (SSSR count). The van der Waals surface area contributed by atoms with Crippen molar-refractivity contribution in [3.63, 3.8) is 0 Å². The summed E-state index contributed by atoms with van der Waals surface area (Å²) in [5, 5.41) is 23.3. The lowest BCUT2D eigenvalue weighted by molar-refractivity contribution is 0.176. The normalized spacial score (nSPS) is 12.1. The van der Waals surface area contributed by atoms with Gasteiger partial charge in [0.05, 0.1) is 23.3 Å². The second-order valence-corrected chi connectivity index (χ2v) is 5.09. The molecule has 0 amide bonds. The number of rotatable bonds is 5. The largest absolute Gasteiger partial charge is 0.391 e. The topological polar surface area (TPSA) is 68.9 Å². The van der Waals surface area contributed by atoms with Crippen molar-refractivity contribution in [2.45, 2.75) is 25.9 Å². The third kappa shape index (κ3) is 3.38. The molecule has 2 N–H and O–H groups in total. The zero-order valence-electron chi connectivity index (χ0n) is 11.2. The fourth-order valence-electron chi connectivity index (χ4n) is 2.04. The van der Waals surface area contributed by atoms with Gasteiger partial charge in [-0.25, -0.2) is 4.98 Å². The summed E-state index contributed by atoms with van der Waals surface area (Å²) in [6, 6.07) is 9.09. The molecule has 5 heteroatoms. The number of aromatic nitrogens is 1. The van der Waals surface area contributed by atoms with E-state index in [2.05, 4.69) is 16.4 Å². The minimum atomic E-state index is -0.409. The third-order valence-electron chi connectivity index (χ3n) is 3.03. The summed E-state index contributed by atoms with van der Waals surface area (Å²) in [5.74, 6) is 0.589. The van der Waals surface area contributed by atoms with Gasteiger partial charge in [-0.05, 0) is 30.7 Å². The molecule has 0 aliphatic heterocycles. The van der Waals surface area contributed by atoms with Crippen LogP contribution in [0, 0.1) is 11.3 Å². The molecule has 1 unspecified atom stereocenters. The number of hydrogen-bond acceptors (Lipinski definition) is 4. The van der Waals surface area contributed by atoms with Gasteiger partial charge >= 0.3 is 0 Å². The Kier molecular flexibility index (Phi) is 4.78. The maximum Gasteiger partial charge on any atom is 0.128 e. The molecular formula is C15H16ClN3O. The van der Waals surface area contributed by atoms with E-state index in [1.807, 2.05) is 6.92 Å². The number of pyridine rings is 1. The van der Waals surface area contributed by atoms with Crippen molar-refractivity contribution in [3.8, 4) is 6.07 Å². The summed E-state index contributed by atoms with van der Waals surface area (Å²) in [7, 11) is 0. The fraction of sp³-hybridized carbons (Fsp3) is 0.333. The Hall–Kier alpha value is -1.83. The first-order valence-corrected chi connectivity index (χ1v) is 6.94. The van der Waals surface area contributed by atoms with Gasteiger partial charge in [-0.1, -0.05) is 24.9 Å². The monoisotopic (exact) mass is 289 g/mol. The first kappa shape index (κ1) is 14.6. The van der Waals surface area contributed by atoms with Crippen LogP contribution in [0.5, 0.6) is 0 Å². The van der Waals surface area contributed by atoms with Crippen molar-refractivity contribution in [2.75, 3.05) is 11.9 Å². The molecule has 0 bridgehead atoms. The van der Waals surface area contributed by atoms with Crippen molar-refractivity contribution < 1.29 is 5.11 Å². The average molecular weight is 290 g/mol. The molecule has 1 heterocycles. The van der Waals surface area contributed by atoms with Crippen LogP contribution in [0.15, 0.2) is 24.3 Å². The van der Waals surface area contributed by atoms with Crippen molar-refractivity contribution in [3.05, 3.63) is 34.9 Å². The Balaban J connectivity index is 2.28. The Bertz CT molecular complexity index is 651. The van der Waals surface area contributed by atoms with E-state index >= 15 is 0 Å². The van der Waals surface area contributed by atoms with E-state index in [0.717, 1.165) is 18.2 Å². The number of hydrogen-bond donors (Lipinski definition) is 2. The number of halogens is 1. The number of nitrogens with one attached hydrogen (secondary N) is 1. The van der Waals surface area contributed by atoms with Crippen LogP contribution in [0.3, 0.4) is 0 Å². The Morgan fingerprint density at radius 2 is 2.25 bits per heavy atom. The molecule has 0 spiro atoms. The number of benzene rings is 1. The standard InChI is InChI=1S/C15H16ClN3O/c1-2-3-12(20)9-18-15-6-10(8-17)13-7-11(16)4-5-14(13)19-15/h4-7,12,20H,2-3,9H2,1H3,(H,18,19). The lowest BCUT2D eigenvalue weighted by atomic mass is 10.1. The molecule has 104 valence electrons. The van der Waals surface area contributed by atoms with Crippen LogP contribution in [-0.4, -0.2) is 22.7 Å². The van der Waals surface area contributed by atoms with Gasteiger partial charge in [-0.2, -0.15) is 5.26 Å². The molecule has 0 saturated heterocycles. The summed E-state index contributed by atoms with van der Waals surface area (Å²) >= 11 is 5.94. The summed E-state index contributed by atoms with van der Waals surface area (Å²) in [4.78, 5) is 4.43. The minimum absolute atomic E-state index is 0.409. The summed E-state index contributed by atoms with van der Waals surface area (Å²) in [6.45, 7) is 2.44. The van der Waals surface area contributed by atoms with Crippen LogP contribution in [0.2, 0.25) is 5.02 Å². The molecule has 2 aromatic rings. The zero-order valence-corrected chi connectivity index (χ0v) is 12.0. The van der Waals surface area contributed by atoms with E-state index in [4.69, 9.17) is 11.6 Å². The van der Waals surface area contributed by atoms with Crippen LogP contribution in [0.1, 0.15) is 25.3 Å². The van der Waals surface area contributed by atoms with Gasteiger partial charge in [-0.15, -0.1) is 0 Å². The second-order valence-electron chi connectivity index (χ2n) is 4.65. The van der Waals surface area contributed by atoms with Gasteiger partial charge in [0.25, 0.3) is 0 Å². The fourth-order valence-corrected chi connectivity index (χ4v) is 2.21. The number of fused-ring (bicyclic) bond motifs is 1. The summed E-state index contributed by atoms with van der Waals surface area (Å²) < 4.78 is 0. The Labute approximate surface area is 123 Å². The lowest BCUT2D eigenvalue weighted by Crippen LogP contribution is -2.19. The first-order valence-electron chi connectivity index (χ1n) is 6.56. The number of aliphatic hydroxyl groups is 1. The highest BCUT2D eigenvalue weighted by Crippen LogP contribution is 2.23. The first-order chi connectivity index (χ1) is 9.63. The SMILES string of the molecule is CCCC(O)CNc1cc(C#N)c2cc(Cl)ccc2n1. The predicted octanol–water partition coefficient (Wildman–Crippen LogP) is 3.33. The molecule has 0 fully saturated rings. The van der Waals surface area contributed by atoms with E-state index in [0.29, 0.717) is 28.5 Å². The molecule has 0 aliphatic rings. The quantitative estimate of drug-likeness (QED) is 0.886. The second kappa shape index (κ2) is 6.56. The van der Waals surface area contributed by atoms with E-state index in [-0.39, 0.29) is 0 Å². The van der Waals surface area contributed by atoms with Crippen molar-refractivity contribution in [1.29, 1.82) is 5.26 Å². The molecule has 1 aromatic heterocycles. The van der Waals surface area contributed by atoms with Crippen LogP contribution >= 0.6 is 11.6 Å². The molecule has 1 atom stereocenters. The van der Waals surface area contributed by atoms with Crippen LogP contribution in [0.4, 0.5) is 5.82 Å². The third-order valence-corrected chi connectivity index (χ3v) is 3.27. The maximum atomic E-state index is 9.71. The van der Waals surface area contributed by atoms with Crippen LogP contribution < -0.4 is 5.32 Å². The summed E-state index contributed by atoms with van der Waals surface area (Å²) in [5.41, 5.74) is 1.23. The average Bonchev–Trinajstić information content (AvgIpc) is 2.44. The van der Waals surface area contributed by atoms with E-state index in [1.54, 1.807) is 24.3 Å². The van der Waals surface area contributed by atoms with Gasteiger partial charge in [0, 0.05) is 17.0 Å². The van der Waals surface area contributed by atoms with Crippen LogP contribution in [-0.2, 0) is 0 Å². The number of nitrogens with zero attached hydrogens (tertiary/aromatic N) is 2. The molecule has 4 nitrogen and oxygen atoms in total. The number of anilines is 1. The van der Waals surface area contributed by atoms with Gasteiger partial charge in [0.1, 0.15) is 5.82 Å². The van der Waals surface area contributed by atoms with Gasteiger partial charge in [0.15, 0.2) is 0 Å². The Morgan fingerprint density at radius 1 is 1.45 bits per heavy atom. The molecular weight excluding hydrogens is 274 g/mol. The molecule has 0 saturated carbocycles. The van der Waals surface area contributed by atoms with Gasteiger partial charge in [-0.3, -0.25) is 0 Å². The highest BCUT2D eigenvalue weighted by Gasteiger charge is 2.08. The summed E-state index contributed by atoms with van der Waals surface area (Å²) in [6.07, 6.45) is 1.25. The Morgan fingerprint density at radius 3 is 2.95 bits per heavy atom. The van der Waals surface area contributed by atoms with Crippen molar-refractivity contribution in [1.82, 2.24) is 4.98 Å². The molecule has 0 aliphatic carbocycles. The lowest BCUT2D eigenvalue weighted by Gasteiger charge is -2.12. The minimum Gasteiger partial charge on any atom is -0.391 e. The van der Waals surface area contributed by atoms with Crippen molar-refractivity contribution in [2.24, 2.45) is 0 Å². The van der Waals surface area contributed by atoms with Gasteiger partial charge < -0.3 is 10.4 Å². The number of aliphatic hydroxyl groups excluding tert-OH is 1. The van der Waals surface area contributed by atoms with Crippen molar-refractivity contribution >= 4 is 28.3 Å². The zero-order chi connectivity index (χ0) is 14.5. The van der Waals surface area contributed by atoms with E-state index in [9.17, 15) is 10.4 Å². The van der Waals surface area contributed by atoms with E-state index < -0.39 is 6.10 Å². The molecule has 0 radical (unpaired) electrons. The maximum absolute atomic E-state index is 9.71. The van der Waals surface area contributed by atoms with Gasteiger partial charge in [0.2, 0.25) is 0 Å². The molecule has 20 heavy (non-hydrogen) atoms. The van der Waals surface area contributed by atoms with E-state index in [1.165, 1.54) is 0 Å². The number of nitriles is 1. The van der Waals surface area contributed by atoms with Crippen LogP contribution in [0.25, 0.3) is 10.9 Å². The highest BCUT2D eigenvalue weighted by molar-refractivity contribution is 6.31. The molecule has 1 aromatic carbocycles. The highest BCUT2D eigenvalue weighted by atomic mass is 35.5. The predicted molar refractivity (Wildman–Crippen MR) is 80.9 cm³/mol. The smallest absolute Gasteiger partial charge is 0.128 e.